The summed E-state index contributed by atoms with van der Waals surface area (Å²) in [5.74, 6) is 2.54. The van der Waals surface area contributed by atoms with Gasteiger partial charge in [-0.25, -0.2) is 9.97 Å². The standard InChI is InChI=1S/C19H24N6O/c1-13-4-3-5-15-18(13)22-16(21-15)8-10-24(2)19-20-9-6-17(23-19)25-11-7-14(26)12-25/h3-6,9,14,26H,7-8,10-12H2,1-2H3,(H,21,22)/t14-/m0/s1. The number of rotatable bonds is 5. The molecule has 0 bridgehead atoms. The summed E-state index contributed by atoms with van der Waals surface area (Å²) in [5, 5.41) is 9.72. The fraction of sp³-hybridized carbons (Fsp3) is 0.421. The van der Waals surface area contributed by atoms with Gasteiger partial charge in [0.1, 0.15) is 11.6 Å². The van der Waals surface area contributed by atoms with Crippen LogP contribution in [0.2, 0.25) is 0 Å². The Balaban J connectivity index is 1.44. The molecule has 1 aliphatic rings. The van der Waals surface area contributed by atoms with E-state index < -0.39 is 0 Å². The van der Waals surface area contributed by atoms with Gasteiger partial charge in [0.2, 0.25) is 5.95 Å². The number of aliphatic hydroxyl groups excluding tert-OH is 1. The molecular weight excluding hydrogens is 328 g/mol. The normalized spacial score (nSPS) is 17.2. The van der Waals surface area contributed by atoms with Crippen molar-refractivity contribution in [2.75, 3.05) is 36.5 Å². The largest absolute Gasteiger partial charge is 0.391 e. The van der Waals surface area contributed by atoms with Gasteiger partial charge < -0.3 is 19.9 Å². The zero-order chi connectivity index (χ0) is 18.1. The van der Waals surface area contributed by atoms with Gasteiger partial charge in [0.15, 0.2) is 0 Å². The number of anilines is 2. The van der Waals surface area contributed by atoms with E-state index >= 15 is 0 Å². The lowest BCUT2D eigenvalue weighted by Crippen LogP contribution is -2.26. The second kappa shape index (κ2) is 6.92. The molecule has 7 heteroatoms. The number of H-pyrrole nitrogens is 1. The number of hydrogen-bond donors (Lipinski definition) is 2. The molecule has 1 aromatic carbocycles. The van der Waals surface area contributed by atoms with Crippen LogP contribution >= 0.6 is 0 Å². The van der Waals surface area contributed by atoms with Gasteiger partial charge >= 0.3 is 0 Å². The van der Waals surface area contributed by atoms with Crippen LogP contribution in [0.3, 0.4) is 0 Å². The lowest BCUT2D eigenvalue weighted by molar-refractivity contribution is 0.198. The molecule has 0 spiro atoms. The summed E-state index contributed by atoms with van der Waals surface area (Å²) in [5.41, 5.74) is 3.30. The third kappa shape index (κ3) is 3.35. The van der Waals surface area contributed by atoms with Crippen molar-refractivity contribution in [3.05, 3.63) is 41.9 Å². The lowest BCUT2D eigenvalue weighted by atomic mass is 10.2. The minimum atomic E-state index is -0.261. The number of nitrogens with zero attached hydrogens (tertiary/aromatic N) is 5. The number of nitrogens with one attached hydrogen (secondary N) is 1. The van der Waals surface area contributed by atoms with Gasteiger partial charge in [-0.15, -0.1) is 0 Å². The molecule has 3 aromatic rings. The Labute approximate surface area is 152 Å². The van der Waals surface area contributed by atoms with Gasteiger partial charge in [0.25, 0.3) is 0 Å². The van der Waals surface area contributed by atoms with E-state index in [0.29, 0.717) is 12.5 Å². The maximum absolute atomic E-state index is 9.72. The molecule has 1 atom stereocenters. The SMILES string of the molecule is Cc1cccc2[nH]c(CCN(C)c3nccc(N4CC[C@H](O)C4)n3)nc12. The summed E-state index contributed by atoms with van der Waals surface area (Å²) < 4.78 is 0. The maximum Gasteiger partial charge on any atom is 0.227 e. The summed E-state index contributed by atoms with van der Waals surface area (Å²) in [4.78, 5) is 21.3. The molecule has 2 aromatic heterocycles. The third-order valence-electron chi connectivity index (χ3n) is 4.90. The van der Waals surface area contributed by atoms with Gasteiger partial charge in [-0.2, -0.15) is 4.98 Å². The van der Waals surface area contributed by atoms with E-state index in [1.807, 2.05) is 24.1 Å². The van der Waals surface area contributed by atoms with Crippen LogP contribution in [0.15, 0.2) is 30.5 Å². The highest BCUT2D eigenvalue weighted by Gasteiger charge is 2.22. The highest BCUT2D eigenvalue weighted by atomic mass is 16.3. The first kappa shape index (κ1) is 16.8. The number of fused-ring (bicyclic) bond motifs is 1. The third-order valence-corrected chi connectivity index (χ3v) is 4.90. The van der Waals surface area contributed by atoms with Crippen molar-refractivity contribution in [3.8, 4) is 0 Å². The predicted molar refractivity (Wildman–Crippen MR) is 103 cm³/mol. The second-order valence-corrected chi connectivity index (χ2v) is 6.93. The Morgan fingerprint density at radius 1 is 1.31 bits per heavy atom. The first-order valence-electron chi connectivity index (χ1n) is 9.01. The lowest BCUT2D eigenvalue weighted by Gasteiger charge is -2.20. The smallest absolute Gasteiger partial charge is 0.227 e. The van der Waals surface area contributed by atoms with Crippen molar-refractivity contribution >= 4 is 22.8 Å². The molecule has 1 fully saturated rings. The van der Waals surface area contributed by atoms with Crippen LogP contribution in [0.4, 0.5) is 11.8 Å². The van der Waals surface area contributed by atoms with Crippen LogP contribution < -0.4 is 9.80 Å². The van der Waals surface area contributed by atoms with Crippen LogP contribution in [0.1, 0.15) is 17.8 Å². The number of para-hydroxylation sites is 1. The van der Waals surface area contributed by atoms with Crippen molar-refractivity contribution in [1.82, 2.24) is 19.9 Å². The number of imidazole rings is 1. The van der Waals surface area contributed by atoms with Crippen LogP contribution in [0.5, 0.6) is 0 Å². The van der Waals surface area contributed by atoms with Crippen molar-refractivity contribution in [2.24, 2.45) is 0 Å². The molecule has 0 amide bonds. The molecular formula is C19H24N6O. The summed E-state index contributed by atoms with van der Waals surface area (Å²) in [6.45, 7) is 4.32. The predicted octanol–water partition coefficient (Wildman–Crippen LogP) is 1.91. The molecule has 3 heterocycles. The topological polar surface area (TPSA) is 81.2 Å². The Bertz CT molecular complexity index is 908. The van der Waals surface area contributed by atoms with E-state index in [4.69, 9.17) is 4.98 Å². The quantitative estimate of drug-likeness (QED) is 0.730. The molecule has 1 aliphatic heterocycles. The van der Waals surface area contributed by atoms with E-state index in [2.05, 4.69) is 38.9 Å². The summed E-state index contributed by atoms with van der Waals surface area (Å²) >= 11 is 0. The highest BCUT2D eigenvalue weighted by molar-refractivity contribution is 5.78. The molecule has 0 radical (unpaired) electrons. The van der Waals surface area contributed by atoms with E-state index in [0.717, 1.165) is 48.6 Å². The number of β-amino-alcohol motifs (C(OH)–C–C–N with tert-alkyl or cyclic N) is 1. The van der Waals surface area contributed by atoms with E-state index in [9.17, 15) is 5.11 Å². The van der Waals surface area contributed by atoms with Gasteiger partial charge in [-0.05, 0) is 31.0 Å². The molecule has 4 rings (SSSR count). The van der Waals surface area contributed by atoms with Crippen molar-refractivity contribution < 1.29 is 5.11 Å². The van der Waals surface area contributed by atoms with Gasteiger partial charge in [-0.1, -0.05) is 12.1 Å². The summed E-state index contributed by atoms with van der Waals surface area (Å²) in [6, 6.07) is 8.07. The molecule has 2 N–H and O–H groups in total. The highest BCUT2D eigenvalue weighted by Crippen LogP contribution is 2.20. The number of aryl methyl sites for hydroxylation is 1. The fourth-order valence-corrected chi connectivity index (χ4v) is 3.37. The van der Waals surface area contributed by atoms with Crippen LogP contribution in [0, 0.1) is 6.92 Å². The zero-order valence-corrected chi connectivity index (χ0v) is 15.2. The van der Waals surface area contributed by atoms with E-state index in [1.165, 1.54) is 5.56 Å². The van der Waals surface area contributed by atoms with E-state index in [-0.39, 0.29) is 6.10 Å². The average Bonchev–Trinajstić information content (AvgIpc) is 3.27. The maximum atomic E-state index is 9.72. The van der Waals surface area contributed by atoms with Gasteiger partial charge in [0.05, 0.1) is 17.1 Å². The molecule has 26 heavy (non-hydrogen) atoms. The number of benzene rings is 1. The van der Waals surface area contributed by atoms with Crippen LogP contribution in [0.25, 0.3) is 11.0 Å². The number of aromatic nitrogens is 4. The summed E-state index contributed by atoms with van der Waals surface area (Å²) in [6.07, 6.45) is 3.10. The minimum absolute atomic E-state index is 0.261. The Morgan fingerprint density at radius 3 is 2.96 bits per heavy atom. The molecule has 136 valence electrons. The van der Waals surface area contributed by atoms with E-state index in [1.54, 1.807) is 6.20 Å². The first-order valence-corrected chi connectivity index (χ1v) is 9.01. The van der Waals surface area contributed by atoms with Crippen molar-refractivity contribution in [2.45, 2.75) is 25.9 Å². The minimum Gasteiger partial charge on any atom is -0.391 e. The van der Waals surface area contributed by atoms with Crippen molar-refractivity contribution in [3.63, 3.8) is 0 Å². The molecule has 7 nitrogen and oxygen atoms in total. The monoisotopic (exact) mass is 352 g/mol. The first-order chi connectivity index (χ1) is 12.6. The fourth-order valence-electron chi connectivity index (χ4n) is 3.37. The Hall–Kier alpha value is -2.67. The van der Waals surface area contributed by atoms with Gasteiger partial charge in [0, 0.05) is 39.3 Å². The van der Waals surface area contributed by atoms with Crippen molar-refractivity contribution in [1.29, 1.82) is 0 Å². The number of aromatic amines is 1. The number of hydrogen-bond acceptors (Lipinski definition) is 6. The molecule has 1 saturated heterocycles. The second-order valence-electron chi connectivity index (χ2n) is 6.93. The van der Waals surface area contributed by atoms with Crippen LogP contribution in [-0.4, -0.2) is 57.8 Å². The Kier molecular flexibility index (Phi) is 4.46. The molecule has 0 unspecified atom stereocenters. The van der Waals surface area contributed by atoms with Crippen LogP contribution in [-0.2, 0) is 6.42 Å². The number of likely N-dealkylation sites (N-methyl/N-ethyl adjacent to an activating group) is 1. The average molecular weight is 352 g/mol. The molecule has 0 saturated carbocycles. The Morgan fingerprint density at radius 2 is 2.19 bits per heavy atom. The van der Waals surface area contributed by atoms with Gasteiger partial charge in [-0.3, -0.25) is 0 Å². The summed E-state index contributed by atoms with van der Waals surface area (Å²) in [7, 11) is 1.99. The number of aliphatic hydroxyl groups is 1. The zero-order valence-electron chi connectivity index (χ0n) is 15.2. The molecule has 0 aliphatic carbocycles.